The van der Waals surface area contributed by atoms with Gasteiger partial charge in [-0.15, -0.1) is 0 Å². The molecule has 3 aromatic rings. The molecular weight excluding hydrogens is 370 g/mol. The molecule has 7 nitrogen and oxygen atoms in total. The number of aliphatic carboxylic acids is 1. The Labute approximate surface area is 159 Å². The molecule has 0 bridgehead atoms. The molecule has 1 N–H and O–H groups in total. The van der Waals surface area contributed by atoms with Crippen molar-refractivity contribution < 1.29 is 23.2 Å². The van der Waals surface area contributed by atoms with Crippen molar-refractivity contribution in [3.8, 4) is 11.5 Å². The summed E-state index contributed by atoms with van der Waals surface area (Å²) in [7, 11) is 0. The van der Waals surface area contributed by atoms with E-state index in [1.54, 1.807) is 0 Å². The Balaban J connectivity index is 1.72. The first-order valence-electron chi connectivity index (χ1n) is 8.84. The molecule has 1 aliphatic carbocycles. The Morgan fingerprint density at radius 3 is 2.64 bits per heavy atom. The van der Waals surface area contributed by atoms with Crippen LogP contribution in [-0.4, -0.2) is 31.0 Å². The number of hydrogen-bond acceptors (Lipinski definition) is 5. The van der Waals surface area contributed by atoms with Crippen LogP contribution in [0.4, 0.5) is 8.78 Å². The van der Waals surface area contributed by atoms with Gasteiger partial charge < -0.3 is 9.63 Å². The molecule has 1 fully saturated rings. The first-order chi connectivity index (χ1) is 13.3. The number of nitrogens with zero attached hydrogens (tertiary/aromatic N) is 4. The number of aryl methyl sites for hydroxylation is 1. The molecule has 0 amide bonds. The number of rotatable bonds is 6. The van der Waals surface area contributed by atoms with Crippen molar-refractivity contribution in [3.05, 3.63) is 53.0 Å². The number of aromatic nitrogens is 4. The van der Waals surface area contributed by atoms with Gasteiger partial charge in [-0.05, 0) is 43.9 Å². The minimum Gasteiger partial charge on any atom is -0.480 e. The molecular formula is C19H18F2N4O3. The number of halogens is 2. The fourth-order valence-corrected chi connectivity index (χ4v) is 3.45. The summed E-state index contributed by atoms with van der Waals surface area (Å²) in [4.78, 5) is 15.6. The maximum Gasteiger partial charge on any atom is 0.328 e. The molecule has 4 rings (SSSR count). The maximum atomic E-state index is 13.3. The molecule has 9 heteroatoms. The number of hydrogen-bond donors (Lipinski definition) is 1. The van der Waals surface area contributed by atoms with Crippen LogP contribution in [0.5, 0.6) is 0 Å². The van der Waals surface area contributed by atoms with E-state index in [1.807, 2.05) is 31.2 Å². The highest BCUT2D eigenvalue weighted by molar-refractivity contribution is 5.71. The van der Waals surface area contributed by atoms with Gasteiger partial charge >= 0.3 is 5.97 Å². The predicted octanol–water partition coefficient (Wildman–Crippen LogP) is 3.90. The lowest BCUT2D eigenvalue weighted by molar-refractivity contribution is -0.140. The van der Waals surface area contributed by atoms with E-state index in [2.05, 4.69) is 15.2 Å². The number of benzene rings is 1. The topological polar surface area (TPSA) is 94.0 Å². The largest absolute Gasteiger partial charge is 0.480 e. The Bertz CT molecular complexity index is 1040. The minimum absolute atomic E-state index is 0.0546. The summed E-state index contributed by atoms with van der Waals surface area (Å²) in [6.07, 6.45) is -1.17. The van der Waals surface area contributed by atoms with E-state index < -0.39 is 24.1 Å². The van der Waals surface area contributed by atoms with Crippen LogP contribution in [0.25, 0.3) is 11.5 Å². The van der Waals surface area contributed by atoms with Crippen LogP contribution in [0, 0.1) is 6.92 Å². The van der Waals surface area contributed by atoms with Crippen molar-refractivity contribution >= 4 is 5.97 Å². The second kappa shape index (κ2) is 6.50. The van der Waals surface area contributed by atoms with E-state index in [-0.39, 0.29) is 16.9 Å². The number of carboxylic acids is 1. The van der Waals surface area contributed by atoms with Crippen molar-refractivity contribution in [2.75, 3.05) is 0 Å². The second-order valence-corrected chi connectivity index (χ2v) is 7.03. The van der Waals surface area contributed by atoms with Gasteiger partial charge in [0.1, 0.15) is 17.4 Å². The molecule has 146 valence electrons. The molecule has 2 aromatic heterocycles. The molecule has 1 saturated carbocycles. The van der Waals surface area contributed by atoms with Gasteiger partial charge in [-0.1, -0.05) is 29.4 Å². The summed E-state index contributed by atoms with van der Waals surface area (Å²) >= 11 is 0. The van der Waals surface area contributed by atoms with Crippen molar-refractivity contribution in [1.82, 2.24) is 19.9 Å². The fraction of sp³-hybridized carbons (Fsp3) is 0.368. The molecule has 0 saturated heterocycles. The van der Waals surface area contributed by atoms with Crippen molar-refractivity contribution in [1.29, 1.82) is 0 Å². The Morgan fingerprint density at radius 1 is 1.32 bits per heavy atom. The van der Waals surface area contributed by atoms with Gasteiger partial charge in [0.15, 0.2) is 0 Å². The molecule has 0 spiro atoms. The summed E-state index contributed by atoms with van der Waals surface area (Å²) in [6.45, 7) is 3.29. The first-order valence-corrected chi connectivity index (χ1v) is 8.84. The SMILES string of the molecule is Cc1ccccc1C1(c2nc(-c3cc(C(F)F)n([C@@H](C)C(=O)O)n3)no2)CC1. The third kappa shape index (κ3) is 2.87. The lowest BCUT2D eigenvalue weighted by Gasteiger charge is -2.13. The van der Waals surface area contributed by atoms with E-state index in [4.69, 9.17) is 9.63 Å². The van der Waals surface area contributed by atoms with Gasteiger partial charge in [0, 0.05) is 0 Å². The van der Waals surface area contributed by atoms with Crippen LogP contribution in [0.3, 0.4) is 0 Å². The Kier molecular flexibility index (Phi) is 4.24. The monoisotopic (exact) mass is 388 g/mol. The summed E-state index contributed by atoms with van der Waals surface area (Å²) in [5, 5.41) is 17.0. The average molecular weight is 388 g/mol. The minimum atomic E-state index is -2.88. The Hall–Kier alpha value is -3.10. The molecule has 1 atom stereocenters. The lowest BCUT2D eigenvalue weighted by Crippen LogP contribution is -2.19. The standard InChI is InChI=1S/C19H18F2N4O3/c1-10-5-3-4-6-12(10)19(7-8-19)18-22-16(24-28-18)13-9-14(15(20)21)25(23-13)11(2)17(26)27/h3-6,9,11,15H,7-8H2,1-2H3,(H,26,27)/t11-/m0/s1. The van der Waals surface area contributed by atoms with Crippen LogP contribution < -0.4 is 0 Å². The van der Waals surface area contributed by atoms with Gasteiger partial charge in [-0.3, -0.25) is 0 Å². The van der Waals surface area contributed by atoms with Gasteiger partial charge in [0.05, 0.1) is 5.41 Å². The van der Waals surface area contributed by atoms with E-state index in [0.717, 1.165) is 34.7 Å². The zero-order valence-electron chi connectivity index (χ0n) is 15.3. The fourth-order valence-electron chi connectivity index (χ4n) is 3.45. The molecule has 0 radical (unpaired) electrons. The zero-order chi connectivity index (χ0) is 20.1. The van der Waals surface area contributed by atoms with E-state index in [0.29, 0.717) is 5.89 Å². The van der Waals surface area contributed by atoms with Crippen LogP contribution >= 0.6 is 0 Å². The maximum absolute atomic E-state index is 13.3. The molecule has 1 aromatic carbocycles. The smallest absolute Gasteiger partial charge is 0.328 e. The van der Waals surface area contributed by atoms with Crippen LogP contribution in [0.15, 0.2) is 34.9 Å². The first kappa shape index (κ1) is 18.3. The van der Waals surface area contributed by atoms with Crippen molar-refractivity contribution in [2.24, 2.45) is 0 Å². The summed E-state index contributed by atoms with van der Waals surface area (Å²) < 4.78 is 32.9. The van der Waals surface area contributed by atoms with Gasteiger partial charge in [0.2, 0.25) is 11.7 Å². The molecule has 2 heterocycles. The number of carbonyl (C=O) groups is 1. The van der Waals surface area contributed by atoms with E-state index >= 15 is 0 Å². The van der Waals surface area contributed by atoms with Crippen LogP contribution in [0.2, 0.25) is 0 Å². The molecule has 28 heavy (non-hydrogen) atoms. The van der Waals surface area contributed by atoms with E-state index in [1.165, 1.54) is 6.92 Å². The van der Waals surface area contributed by atoms with E-state index in [9.17, 15) is 13.6 Å². The zero-order valence-corrected chi connectivity index (χ0v) is 15.3. The quantitative estimate of drug-likeness (QED) is 0.688. The normalized spacial score (nSPS) is 16.3. The van der Waals surface area contributed by atoms with Gasteiger partial charge in [-0.25, -0.2) is 18.3 Å². The number of alkyl halides is 2. The Morgan fingerprint density at radius 2 is 2.04 bits per heavy atom. The number of carboxylic acid groups (broad SMARTS) is 1. The highest BCUT2D eigenvalue weighted by Crippen LogP contribution is 2.53. The third-order valence-corrected chi connectivity index (χ3v) is 5.19. The predicted molar refractivity (Wildman–Crippen MR) is 94.0 cm³/mol. The lowest BCUT2D eigenvalue weighted by atomic mass is 9.92. The van der Waals surface area contributed by atoms with Crippen LogP contribution in [0.1, 0.15) is 54.9 Å². The highest BCUT2D eigenvalue weighted by Gasteiger charge is 2.51. The van der Waals surface area contributed by atoms with Crippen molar-refractivity contribution in [2.45, 2.75) is 44.6 Å². The van der Waals surface area contributed by atoms with Crippen LogP contribution in [-0.2, 0) is 10.2 Å². The summed E-state index contributed by atoms with van der Waals surface area (Å²) in [5.41, 5.74) is 1.40. The summed E-state index contributed by atoms with van der Waals surface area (Å²) in [6, 6.07) is 7.79. The molecule has 1 aliphatic rings. The third-order valence-electron chi connectivity index (χ3n) is 5.19. The molecule has 0 unspecified atom stereocenters. The average Bonchev–Trinajstić information content (AvgIpc) is 3.11. The second-order valence-electron chi connectivity index (χ2n) is 7.03. The molecule has 0 aliphatic heterocycles. The van der Waals surface area contributed by atoms with Gasteiger partial charge in [0.25, 0.3) is 6.43 Å². The summed E-state index contributed by atoms with van der Waals surface area (Å²) in [5.74, 6) is -0.786. The van der Waals surface area contributed by atoms with Gasteiger partial charge in [-0.2, -0.15) is 10.1 Å². The van der Waals surface area contributed by atoms with Crippen molar-refractivity contribution in [3.63, 3.8) is 0 Å². The highest BCUT2D eigenvalue weighted by atomic mass is 19.3.